The topological polar surface area (TPSA) is 164 Å². The number of aliphatic hydroxyl groups excluding tert-OH is 1. The number of hydrogen-bond donors (Lipinski definition) is 4. The van der Waals surface area contributed by atoms with Crippen LogP contribution in [0.3, 0.4) is 0 Å². The van der Waals surface area contributed by atoms with Crippen LogP contribution in [0.15, 0.2) is 42.6 Å². The lowest BCUT2D eigenvalue weighted by atomic mass is 9.81. The minimum absolute atomic E-state index is 0.0137. The Bertz CT molecular complexity index is 1150. The molecule has 3 rings (SSSR count). The molecule has 2 amide bonds. The van der Waals surface area contributed by atoms with Crippen LogP contribution in [0.4, 0.5) is 9.18 Å². The minimum atomic E-state index is -4.44. The van der Waals surface area contributed by atoms with Crippen LogP contribution >= 0.6 is 7.75 Å². The number of urea groups is 1. The maximum absolute atomic E-state index is 16.4. The highest BCUT2D eigenvalue weighted by atomic mass is 31.2. The molecule has 0 radical (unpaired) electrons. The first-order valence-electron chi connectivity index (χ1n) is 11.9. The third-order valence-electron chi connectivity index (χ3n) is 6.39. The van der Waals surface area contributed by atoms with Crippen molar-refractivity contribution in [1.82, 2.24) is 14.9 Å². The SMILES string of the molecule is C#C[C@]1(C)[C@H](O)[C@@H](CO[P@@](=O)(Oc2ccccc2)N(CCC)C(C)C(=O)O)O[C@@]1(F)N1C=CC(N)NC1=O. The molecule has 1 aromatic rings. The number of aliphatic hydroxyl groups is 1. The number of carbonyl (C=O) groups excluding carboxylic acids is 1. The molecule has 0 aliphatic carbocycles. The maximum Gasteiger partial charge on any atom is 0.462 e. The van der Waals surface area contributed by atoms with E-state index in [9.17, 15) is 24.4 Å². The van der Waals surface area contributed by atoms with Crippen molar-refractivity contribution >= 4 is 19.7 Å². The number of halogens is 1. The molecule has 0 saturated carbocycles. The fourth-order valence-corrected chi connectivity index (χ4v) is 6.10. The van der Waals surface area contributed by atoms with Gasteiger partial charge in [-0.05, 0) is 38.5 Å². The summed E-state index contributed by atoms with van der Waals surface area (Å²) in [6, 6.07) is 5.69. The number of carboxylic acids is 1. The van der Waals surface area contributed by atoms with Crippen molar-refractivity contribution < 1.29 is 42.5 Å². The van der Waals surface area contributed by atoms with Gasteiger partial charge < -0.3 is 30.5 Å². The highest BCUT2D eigenvalue weighted by Gasteiger charge is 2.68. The quantitative estimate of drug-likeness (QED) is 0.181. The van der Waals surface area contributed by atoms with Crippen LogP contribution in [-0.2, 0) is 18.6 Å². The molecule has 1 fully saturated rings. The summed E-state index contributed by atoms with van der Waals surface area (Å²) in [4.78, 5) is 24.8. The Hall–Kier alpha value is -2.98. The summed E-state index contributed by atoms with van der Waals surface area (Å²) >= 11 is 0. The number of nitrogens with zero attached hydrogens (tertiary/aromatic N) is 2. The van der Waals surface area contributed by atoms with Crippen molar-refractivity contribution in [2.45, 2.75) is 57.6 Å². The van der Waals surface area contributed by atoms with E-state index >= 15 is 4.39 Å². The first-order valence-corrected chi connectivity index (χ1v) is 13.4. The first kappa shape index (κ1) is 29.6. The van der Waals surface area contributed by atoms with Crippen LogP contribution in [0.2, 0.25) is 0 Å². The molecule has 208 valence electrons. The number of hydrogen-bond acceptors (Lipinski definition) is 8. The molecule has 0 spiro atoms. The molecule has 2 heterocycles. The molecule has 2 aliphatic rings. The molecule has 12 nitrogen and oxygen atoms in total. The molecule has 14 heteroatoms. The van der Waals surface area contributed by atoms with Crippen molar-refractivity contribution in [2.75, 3.05) is 13.2 Å². The number of nitrogens with two attached hydrogens (primary N) is 1. The van der Waals surface area contributed by atoms with Crippen LogP contribution in [0.5, 0.6) is 5.75 Å². The fourth-order valence-electron chi connectivity index (χ4n) is 4.10. The maximum atomic E-state index is 16.4. The molecule has 0 bridgehead atoms. The Morgan fingerprint density at radius 1 is 1.45 bits per heavy atom. The van der Waals surface area contributed by atoms with Gasteiger partial charge >= 0.3 is 25.7 Å². The molecular weight excluding hydrogens is 522 g/mol. The molecular formula is C24H32FN4O8P. The highest BCUT2D eigenvalue weighted by molar-refractivity contribution is 7.51. The molecule has 2 unspecified atom stereocenters. The van der Waals surface area contributed by atoms with Gasteiger partial charge in [0.2, 0.25) is 0 Å². The molecule has 7 atom stereocenters. The smallest absolute Gasteiger partial charge is 0.462 e. The zero-order valence-electron chi connectivity index (χ0n) is 21.2. The van der Waals surface area contributed by atoms with E-state index in [-0.39, 0.29) is 12.3 Å². The summed E-state index contributed by atoms with van der Waals surface area (Å²) in [5, 5.41) is 22.9. The summed E-state index contributed by atoms with van der Waals surface area (Å²) in [7, 11) is -4.44. The second kappa shape index (κ2) is 11.4. The Balaban J connectivity index is 1.94. The van der Waals surface area contributed by atoms with Crippen molar-refractivity contribution in [2.24, 2.45) is 11.1 Å². The Labute approximate surface area is 220 Å². The van der Waals surface area contributed by atoms with Crippen molar-refractivity contribution in [3.05, 3.63) is 42.6 Å². The number of carboxylic acid groups (broad SMARTS) is 1. The zero-order chi connectivity index (χ0) is 28.3. The second-order valence-corrected chi connectivity index (χ2v) is 10.9. The van der Waals surface area contributed by atoms with Gasteiger partial charge in [-0.25, -0.2) is 14.3 Å². The van der Waals surface area contributed by atoms with Gasteiger partial charge in [0.05, 0.1) is 12.8 Å². The summed E-state index contributed by atoms with van der Waals surface area (Å²) in [5.74, 6) is -2.02. The Morgan fingerprint density at radius 3 is 2.66 bits per heavy atom. The summed E-state index contributed by atoms with van der Waals surface area (Å²) in [6.45, 7) is 3.54. The third-order valence-corrected chi connectivity index (χ3v) is 8.48. The van der Waals surface area contributed by atoms with E-state index in [2.05, 4.69) is 11.2 Å². The average Bonchev–Trinajstić information content (AvgIpc) is 3.07. The Morgan fingerprint density at radius 2 is 2.11 bits per heavy atom. The summed E-state index contributed by atoms with van der Waals surface area (Å²) in [5.41, 5.74) is 3.54. The molecule has 2 aliphatic heterocycles. The van der Waals surface area contributed by atoms with Crippen LogP contribution in [0, 0.1) is 17.8 Å². The predicted octanol–water partition coefficient (Wildman–Crippen LogP) is 2.22. The van der Waals surface area contributed by atoms with Gasteiger partial charge in [-0.3, -0.25) is 9.32 Å². The van der Waals surface area contributed by atoms with E-state index in [0.29, 0.717) is 11.3 Å². The van der Waals surface area contributed by atoms with Gasteiger partial charge in [0.15, 0.2) is 0 Å². The predicted molar refractivity (Wildman–Crippen MR) is 134 cm³/mol. The second-order valence-electron chi connectivity index (χ2n) is 9.04. The number of rotatable bonds is 11. The number of alkyl halides is 1. The third kappa shape index (κ3) is 5.42. The minimum Gasteiger partial charge on any atom is -0.480 e. The molecule has 5 N–H and O–H groups in total. The monoisotopic (exact) mass is 554 g/mol. The van der Waals surface area contributed by atoms with Gasteiger partial charge in [-0.1, -0.05) is 31.0 Å². The fraction of sp³-hybridized carbons (Fsp3) is 0.500. The Kier molecular flexibility index (Phi) is 8.88. The van der Waals surface area contributed by atoms with E-state index in [1.54, 1.807) is 25.1 Å². The van der Waals surface area contributed by atoms with Gasteiger partial charge in [0.25, 0.3) is 0 Å². The van der Waals surface area contributed by atoms with E-state index in [0.717, 1.165) is 10.9 Å². The van der Waals surface area contributed by atoms with Crippen molar-refractivity contribution in [1.29, 1.82) is 0 Å². The molecule has 38 heavy (non-hydrogen) atoms. The number of ether oxygens (including phenoxy) is 1. The van der Waals surface area contributed by atoms with Crippen molar-refractivity contribution in [3.8, 4) is 18.1 Å². The van der Waals surface area contributed by atoms with Crippen LogP contribution < -0.4 is 15.6 Å². The largest absolute Gasteiger partial charge is 0.480 e. The van der Waals surface area contributed by atoms with E-state index in [4.69, 9.17) is 25.9 Å². The normalized spacial score (nSPS) is 31.4. The zero-order valence-corrected chi connectivity index (χ0v) is 22.1. The lowest BCUT2D eigenvalue weighted by Crippen LogP contribution is -2.61. The number of amides is 2. The lowest BCUT2D eigenvalue weighted by Gasteiger charge is -2.40. The molecule has 1 saturated heterocycles. The first-order chi connectivity index (χ1) is 17.8. The number of terminal acetylenes is 1. The van der Waals surface area contributed by atoms with Gasteiger partial charge in [0.1, 0.15) is 29.4 Å². The number of nitrogens with one attached hydrogen (secondary N) is 1. The number of carbonyl (C=O) groups is 2. The summed E-state index contributed by atoms with van der Waals surface area (Å²) < 4.78 is 48.4. The standard InChI is InChI=1S/C24H32FN4O8P/c1-5-13-29(16(3)21(31)32)38(34,37-17-10-8-7-9-11-17)35-15-18-20(30)23(4,6-2)24(25,36-18)28-14-12-19(26)27-22(28)33/h2,7-12,14,16,18-20,30H,5,13,15,26H2,1,3-4H3,(H,27,33)(H,31,32)/t16?,18-,19?,20-,23-,24+,38-/m1/s1. The van der Waals surface area contributed by atoms with Gasteiger partial charge in [0, 0.05) is 12.7 Å². The van der Waals surface area contributed by atoms with E-state index < -0.39 is 62.2 Å². The van der Waals surface area contributed by atoms with E-state index in [1.165, 1.54) is 32.1 Å². The number of aliphatic carboxylic acids is 1. The molecule has 1 aromatic carbocycles. The van der Waals surface area contributed by atoms with Crippen LogP contribution in [0.25, 0.3) is 0 Å². The average molecular weight is 555 g/mol. The molecule has 0 aromatic heterocycles. The summed E-state index contributed by atoms with van der Waals surface area (Å²) in [6.07, 6.45) is 4.18. The number of para-hydroxylation sites is 1. The lowest BCUT2D eigenvalue weighted by molar-refractivity contribution is -0.236. The van der Waals surface area contributed by atoms with Gasteiger partial charge in [-0.15, -0.1) is 6.42 Å². The van der Waals surface area contributed by atoms with Crippen molar-refractivity contribution in [3.63, 3.8) is 0 Å². The van der Waals surface area contributed by atoms with Crippen LogP contribution in [0.1, 0.15) is 27.2 Å². The number of benzene rings is 1. The van der Waals surface area contributed by atoms with Gasteiger partial charge in [-0.2, -0.15) is 9.06 Å². The highest BCUT2D eigenvalue weighted by Crippen LogP contribution is 2.55. The van der Waals surface area contributed by atoms with E-state index in [1.807, 2.05) is 0 Å². The van der Waals surface area contributed by atoms with Crippen LogP contribution in [-0.4, -0.2) is 75.3 Å².